The molecule has 3 rings (SSSR count). The van der Waals surface area contributed by atoms with Crippen molar-refractivity contribution in [2.75, 3.05) is 13.7 Å². The van der Waals surface area contributed by atoms with Crippen molar-refractivity contribution in [3.05, 3.63) is 33.6 Å². The minimum absolute atomic E-state index is 0.204. The van der Waals surface area contributed by atoms with Crippen molar-refractivity contribution in [3.63, 3.8) is 0 Å². The lowest BCUT2D eigenvalue weighted by molar-refractivity contribution is -0.146. The van der Waals surface area contributed by atoms with Crippen LogP contribution in [-0.4, -0.2) is 51.6 Å². The summed E-state index contributed by atoms with van der Waals surface area (Å²) in [5.41, 5.74) is 0.792. The standard InChI is InChI=1S/C15H16BrN3O4S/c1-22-14(21)12-6-11(20)7-18(12)8-19-15(24)23-13(17-19)9-3-2-4-10(16)5-9/h2-5,11-12,20H,6-8H2,1H3/t11-,12-/m0/s1. The fraction of sp³-hybridized carbons (Fsp3) is 0.400. The number of benzene rings is 1. The molecule has 0 bridgehead atoms. The lowest BCUT2D eigenvalue weighted by Gasteiger charge is -2.21. The van der Waals surface area contributed by atoms with Crippen LogP contribution in [0.1, 0.15) is 6.42 Å². The van der Waals surface area contributed by atoms with Crippen molar-refractivity contribution >= 4 is 34.1 Å². The second-order valence-electron chi connectivity index (χ2n) is 5.52. The number of rotatable bonds is 4. The molecular formula is C15H16BrN3O4S. The van der Waals surface area contributed by atoms with E-state index in [1.807, 2.05) is 24.3 Å². The van der Waals surface area contributed by atoms with E-state index in [1.165, 1.54) is 11.8 Å². The smallest absolute Gasteiger partial charge is 0.323 e. The number of carbonyl (C=O) groups is 1. The van der Waals surface area contributed by atoms with Gasteiger partial charge in [-0.2, -0.15) is 0 Å². The van der Waals surface area contributed by atoms with Gasteiger partial charge in [0.1, 0.15) is 6.04 Å². The van der Waals surface area contributed by atoms with Crippen LogP contribution < -0.4 is 0 Å². The molecule has 1 aromatic carbocycles. The van der Waals surface area contributed by atoms with E-state index in [0.29, 0.717) is 18.9 Å². The van der Waals surface area contributed by atoms with Crippen LogP contribution in [0.2, 0.25) is 0 Å². The fourth-order valence-electron chi connectivity index (χ4n) is 2.72. The predicted octanol–water partition coefficient (Wildman–Crippen LogP) is 2.20. The number of aromatic nitrogens is 2. The molecule has 1 aliphatic rings. The Morgan fingerprint density at radius 3 is 3.08 bits per heavy atom. The van der Waals surface area contributed by atoms with Gasteiger partial charge in [0.2, 0.25) is 5.89 Å². The van der Waals surface area contributed by atoms with Crippen LogP contribution >= 0.6 is 28.1 Å². The highest BCUT2D eigenvalue weighted by molar-refractivity contribution is 9.10. The highest BCUT2D eigenvalue weighted by atomic mass is 79.9. The molecule has 1 saturated heterocycles. The first-order valence-electron chi connectivity index (χ1n) is 7.31. The highest BCUT2D eigenvalue weighted by Crippen LogP contribution is 2.23. The summed E-state index contributed by atoms with van der Waals surface area (Å²) in [6.45, 7) is 0.591. The number of carbonyl (C=O) groups excluding carboxylic acids is 1. The van der Waals surface area contributed by atoms with Crippen LogP contribution in [0.15, 0.2) is 33.2 Å². The molecule has 1 aliphatic heterocycles. The Morgan fingerprint density at radius 1 is 1.58 bits per heavy atom. The SMILES string of the molecule is COC(=O)[C@@H]1C[C@H](O)CN1Cn1nc(-c2cccc(Br)c2)oc1=S. The molecule has 9 heteroatoms. The average molecular weight is 414 g/mol. The monoisotopic (exact) mass is 413 g/mol. The highest BCUT2D eigenvalue weighted by Gasteiger charge is 2.37. The van der Waals surface area contributed by atoms with Gasteiger partial charge < -0.3 is 14.3 Å². The maximum atomic E-state index is 11.8. The van der Waals surface area contributed by atoms with Crippen molar-refractivity contribution in [3.8, 4) is 11.5 Å². The molecule has 128 valence electrons. The molecule has 0 aliphatic carbocycles. The van der Waals surface area contributed by atoms with Gasteiger partial charge in [-0.3, -0.25) is 9.69 Å². The lowest BCUT2D eigenvalue weighted by atomic mass is 10.2. The first-order chi connectivity index (χ1) is 11.5. The van der Waals surface area contributed by atoms with E-state index in [0.717, 1.165) is 10.0 Å². The van der Waals surface area contributed by atoms with Crippen molar-refractivity contribution in [1.82, 2.24) is 14.7 Å². The predicted molar refractivity (Wildman–Crippen MR) is 91.6 cm³/mol. The number of aliphatic hydroxyl groups excluding tert-OH is 1. The van der Waals surface area contributed by atoms with Crippen LogP contribution in [0.4, 0.5) is 0 Å². The van der Waals surface area contributed by atoms with Gasteiger partial charge in [0, 0.05) is 23.0 Å². The summed E-state index contributed by atoms with van der Waals surface area (Å²) >= 11 is 8.62. The van der Waals surface area contributed by atoms with E-state index in [9.17, 15) is 9.90 Å². The van der Waals surface area contributed by atoms with Gasteiger partial charge >= 0.3 is 5.97 Å². The van der Waals surface area contributed by atoms with Crippen molar-refractivity contribution < 1.29 is 19.1 Å². The van der Waals surface area contributed by atoms with Crippen LogP contribution in [0, 0.1) is 4.84 Å². The molecule has 0 amide bonds. The third kappa shape index (κ3) is 3.59. The van der Waals surface area contributed by atoms with E-state index in [-0.39, 0.29) is 17.5 Å². The molecule has 0 radical (unpaired) electrons. The van der Waals surface area contributed by atoms with E-state index < -0.39 is 12.1 Å². The summed E-state index contributed by atoms with van der Waals surface area (Å²) in [4.78, 5) is 13.8. The second-order valence-corrected chi connectivity index (χ2v) is 6.79. The second kappa shape index (κ2) is 7.14. The lowest BCUT2D eigenvalue weighted by Crippen LogP contribution is -2.38. The van der Waals surface area contributed by atoms with Gasteiger partial charge in [-0.1, -0.05) is 22.0 Å². The molecule has 7 nitrogen and oxygen atoms in total. The zero-order valence-electron chi connectivity index (χ0n) is 12.9. The van der Waals surface area contributed by atoms with Crippen LogP contribution in [-0.2, 0) is 16.2 Å². The quantitative estimate of drug-likeness (QED) is 0.607. The number of esters is 1. The molecule has 2 atom stereocenters. The Kier molecular flexibility index (Phi) is 5.14. The maximum Gasteiger partial charge on any atom is 0.323 e. The number of aliphatic hydroxyl groups is 1. The van der Waals surface area contributed by atoms with Crippen LogP contribution in [0.3, 0.4) is 0 Å². The van der Waals surface area contributed by atoms with Gasteiger partial charge in [-0.25, -0.2) is 4.68 Å². The fourth-order valence-corrected chi connectivity index (χ4v) is 3.30. The molecule has 0 spiro atoms. The van der Waals surface area contributed by atoms with Crippen molar-refractivity contribution in [1.29, 1.82) is 0 Å². The molecule has 1 aromatic heterocycles. The first kappa shape index (κ1) is 17.3. The van der Waals surface area contributed by atoms with Crippen molar-refractivity contribution in [2.24, 2.45) is 0 Å². The minimum Gasteiger partial charge on any atom is -0.468 e. The van der Waals surface area contributed by atoms with Gasteiger partial charge in [0.25, 0.3) is 4.84 Å². The molecule has 1 N–H and O–H groups in total. The number of methoxy groups -OCH3 is 1. The number of hydrogen-bond donors (Lipinski definition) is 1. The van der Waals surface area contributed by atoms with Gasteiger partial charge in [-0.05, 0) is 30.4 Å². The Bertz CT molecular complexity index is 806. The maximum absolute atomic E-state index is 11.8. The zero-order chi connectivity index (χ0) is 17.3. The Hall–Kier alpha value is -1.55. The number of β-amino-alcohol motifs (C(OH)–C–C–N with tert-alkyl or cyclic N) is 1. The number of hydrogen-bond acceptors (Lipinski definition) is 7. The zero-order valence-corrected chi connectivity index (χ0v) is 15.3. The minimum atomic E-state index is -0.584. The topological polar surface area (TPSA) is 80.7 Å². The molecule has 0 unspecified atom stereocenters. The Balaban J connectivity index is 1.83. The molecule has 2 heterocycles. The van der Waals surface area contributed by atoms with Gasteiger partial charge in [0.15, 0.2) is 0 Å². The third-order valence-corrected chi connectivity index (χ3v) is 4.64. The molecular weight excluding hydrogens is 398 g/mol. The summed E-state index contributed by atoms with van der Waals surface area (Å²) in [5.74, 6) is 0.0180. The third-order valence-electron chi connectivity index (χ3n) is 3.85. The first-order valence-corrected chi connectivity index (χ1v) is 8.52. The summed E-state index contributed by atoms with van der Waals surface area (Å²) < 4.78 is 12.8. The number of nitrogens with zero attached hydrogens (tertiary/aromatic N) is 3. The Labute approximate surface area is 152 Å². The normalized spacial score (nSPS) is 21.1. The van der Waals surface area contributed by atoms with Gasteiger partial charge in [0.05, 0.1) is 19.9 Å². The summed E-state index contributed by atoms with van der Waals surface area (Å²) in [6.07, 6.45) is -0.254. The van der Waals surface area contributed by atoms with E-state index in [2.05, 4.69) is 21.0 Å². The Morgan fingerprint density at radius 2 is 2.38 bits per heavy atom. The van der Waals surface area contributed by atoms with E-state index >= 15 is 0 Å². The summed E-state index contributed by atoms with van der Waals surface area (Å²) in [5, 5.41) is 14.2. The van der Waals surface area contributed by atoms with Crippen LogP contribution in [0.5, 0.6) is 0 Å². The molecule has 24 heavy (non-hydrogen) atoms. The summed E-state index contributed by atoms with van der Waals surface area (Å²) in [7, 11) is 1.33. The number of likely N-dealkylation sites (tertiary alicyclic amines) is 1. The molecule has 0 saturated carbocycles. The van der Waals surface area contributed by atoms with Gasteiger partial charge in [-0.15, -0.1) is 5.10 Å². The number of ether oxygens (including phenoxy) is 1. The summed E-state index contributed by atoms with van der Waals surface area (Å²) in [6, 6.07) is 7.01. The average Bonchev–Trinajstić information content (AvgIpc) is 3.10. The number of halogens is 1. The van der Waals surface area contributed by atoms with E-state index in [4.69, 9.17) is 21.4 Å². The van der Waals surface area contributed by atoms with Crippen LogP contribution in [0.25, 0.3) is 11.5 Å². The molecule has 1 fully saturated rings. The van der Waals surface area contributed by atoms with E-state index in [1.54, 1.807) is 4.90 Å². The van der Waals surface area contributed by atoms with Crippen molar-refractivity contribution in [2.45, 2.75) is 25.2 Å². The largest absolute Gasteiger partial charge is 0.468 e. The molecule has 2 aromatic rings.